The molecular formula is C19H22N2O3. The van der Waals surface area contributed by atoms with Crippen LogP contribution in [-0.2, 0) is 6.42 Å². The van der Waals surface area contributed by atoms with Crippen molar-refractivity contribution in [3.05, 3.63) is 52.4 Å². The summed E-state index contributed by atoms with van der Waals surface area (Å²) in [6.45, 7) is 6.40. The highest BCUT2D eigenvalue weighted by Gasteiger charge is 2.17. The number of nitrogens with zero attached hydrogens (tertiary/aromatic N) is 1. The van der Waals surface area contributed by atoms with E-state index >= 15 is 0 Å². The average molecular weight is 326 g/mol. The molecule has 2 aromatic carbocycles. The van der Waals surface area contributed by atoms with Crippen molar-refractivity contribution < 1.29 is 10.2 Å². The van der Waals surface area contributed by atoms with Crippen LogP contribution >= 0.6 is 0 Å². The first kappa shape index (κ1) is 16.2. The Labute approximate surface area is 140 Å². The molecule has 0 aliphatic rings. The zero-order valence-corrected chi connectivity index (χ0v) is 14.1. The van der Waals surface area contributed by atoms with Crippen molar-refractivity contribution in [2.75, 3.05) is 0 Å². The van der Waals surface area contributed by atoms with Gasteiger partial charge in [0.2, 0.25) is 0 Å². The van der Waals surface area contributed by atoms with Gasteiger partial charge in [-0.2, -0.15) is 0 Å². The number of rotatable bonds is 3. The number of aryl methyl sites for hydroxylation is 1. The maximum atomic E-state index is 12.3. The Balaban J connectivity index is 2.13. The Bertz CT molecular complexity index is 945. The number of aromatic nitrogens is 2. The Kier molecular flexibility index (Phi) is 3.87. The SMILES string of the molecule is CC(C)(C)CCc1cc(-n2c(=O)[nH]c3ccccc32)c(O)cc1O. The van der Waals surface area contributed by atoms with Crippen molar-refractivity contribution in [3.8, 4) is 17.2 Å². The molecule has 3 aromatic rings. The first-order chi connectivity index (χ1) is 11.3. The summed E-state index contributed by atoms with van der Waals surface area (Å²) in [6.07, 6.45) is 1.55. The molecule has 0 bridgehead atoms. The fraction of sp³-hybridized carbons (Fsp3) is 0.316. The van der Waals surface area contributed by atoms with Gasteiger partial charge in [-0.3, -0.25) is 4.57 Å². The molecule has 0 unspecified atom stereocenters. The summed E-state index contributed by atoms with van der Waals surface area (Å²) in [5, 5.41) is 20.4. The zero-order chi connectivity index (χ0) is 17.5. The second-order valence-electron chi connectivity index (χ2n) is 7.31. The molecule has 3 rings (SSSR count). The fourth-order valence-corrected chi connectivity index (χ4v) is 2.79. The standard InChI is InChI=1S/C19H22N2O3/c1-19(2,3)9-8-12-10-15(17(23)11-16(12)22)21-14-7-5-4-6-13(14)20-18(21)24/h4-7,10-11,22-23H,8-9H2,1-3H3,(H,20,24). The second kappa shape index (κ2) is 5.74. The number of aromatic amines is 1. The molecule has 0 saturated heterocycles. The smallest absolute Gasteiger partial charge is 0.331 e. The van der Waals surface area contributed by atoms with Crippen molar-refractivity contribution in [2.45, 2.75) is 33.6 Å². The first-order valence-corrected chi connectivity index (χ1v) is 8.01. The number of H-pyrrole nitrogens is 1. The minimum absolute atomic E-state index is 0.0494. The lowest BCUT2D eigenvalue weighted by Crippen LogP contribution is -2.15. The number of fused-ring (bicyclic) bond motifs is 1. The third-order valence-corrected chi connectivity index (χ3v) is 4.15. The summed E-state index contributed by atoms with van der Waals surface area (Å²) in [6, 6.07) is 10.3. The van der Waals surface area contributed by atoms with Crippen LogP contribution in [0.2, 0.25) is 0 Å². The van der Waals surface area contributed by atoms with Crippen molar-refractivity contribution in [1.29, 1.82) is 0 Å². The number of benzene rings is 2. The quantitative estimate of drug-likeness (QED) is 0.686. The summed E-state index contributed by atoms with van der Waals surface area (Å²) in [4.78, 5) is 15.1. The molecule has 24 heavy (non-hydrogen) atoms. The van der Waals surface area contributed by atoms with Crippen LogP contribution in [-0.4, -0.2) is 19.8 Å². The van der Waals surface area contributed by atoms with Gasteiger partial charge in [-0.25, -0.2) is 4.79 Å². The minimum Gasteiger partial charge on any atom is -0.508 e. The Morgan fingerprint density at radius 1 is 1.08 bits per heavy atom. The number of aromatic hydroxyl groups is 2. The normalized spacial score (nSPS) is 12.0. The summed E-state index contributed by atoms with van der Waals surface area (Å²) in [5.74, 6) is -0.0766. The van der Waals surface area contributed by atoms with Crippen molar-refractivity contribution in [1.82, 2.24) is 9.55 Å². The van der Waals surface area contributed by atoms with Gasteiger partial charge < -0.3 is 15.2 Å². The lowest BCUT2D eigenvalue weighted by atomic mass is 9.88. The van der Waals surface area contributed by atoms with Gasteiger partial charge in [-0.05, 0) is 42.0 Å². The van der Waals surface area contributed by atoms with Gasteiger partial charge in [-0.15, -0.1) is 0 Å². The van der Waals surface area contributed by atoms with E-state index in [9.17, 15) is 15.0 Å². The highest BCUT2D eigenvalue weighted by molar-refractivity contribution is 5.78. The van der Waals surface area contributed by atoms with Crippen molar-refractivity contribution in [3.63, 3.8) is 0 Å². The molecule has 5 heteroatoms. The predicted octanol–water partition coefficient (Wildman–Crippen LogP) is 3.71. The van der Waals surface area contributed by atoms with Crippen LogP contribution in [0.4, 0.5) is 0 Å². The van der Waals surface area contributed by atoms with Gasteiger partial charge in [-0.1, -0.05) is 32.9 Å². The van der Waals surface area contributed by atoms with E-state index in [1.165, 1.54) is 10.6 Å². The molecule has 0 radical (unpaired) electrons. The number of nitrogens with one attached hydrogen (secondary N) is 1. The number of phenolic OH excluding ortho intramolecular Hbond substituents is 2. The molecule has 0 atom stereocenters. The monoisotopic (exact) mass is 326 g/mol. The van der Waals surface area contributed by atoms with Crippen LogP contribution in [0, 0.1) is 5.41 Å². The Morgan fingerprint density at radius 2 is 1.79 bits per heavy atom. The zero-order valence-electron chi connectivity index (χ0n) is 14.1. The minimum atomic E-state index is -0.320. The van der Waals surface area contributed by atoms with Crippen LogP contribution in [0.3, 0.4) is 0 Å². The van der Waals surface area contributed by atoms with Crippen molar-refractivity contribution in [2.24, 2.45) is 5.41 Å². The second-order valence-corrected chi connectivity index (χ2v) is 7.31. The highest BCUT2D eigenvalue weighted by atomic mass is 16.3. The Hall–Kier alpha value is -2.69. The number of hydrogen-bond donors (Lipinski definition) is 3. The van der Waals surface area contributed by atoms with E-state index in [0.29, 0.717) is 23.1 Å². The summed E-state index contributed by atoms with van der Waals surface area (Å²) < 4.78 is 1.44. The molecule has 1 aromatic heterocycles. The van der Waals surface area contributed by atoms with E-state index in [-0.39, 0.29) is 22.6 Å². The molecule has 0 saturated carbocycles. The number of phenols is 2. The fourth-order valence-electron chi connectivity index (χ4n) is 2.79. The van der Waals surface area contributed by atoms with E-state index in [2.05, 4.69) is 25.8 Å². The van der Waals surface area contributed by atoms with E-state index < -0.39 is 0 Å². The molecule has 5 nitrogen and oxygen atoms in total. The third-order valence-electron chi connectivity index (χ3n) is 4.15. The molecule has 1 heterocycles. The predicted molar refractivity (Wildman–Crippen MR) is 95.0 cm³/mol. The molecule has 0 aliphatic heterocycles. The van der Waals surface area contributed by atoms with E-state index in [4.69, 9.17) is 0 Å². The van der Waals surface area contributed by atoms with E-state index in [1.54, 1.807) is 6.07 Å². The highest BCUT2D eigenvalue weighted by Crippen LogP contribution is 2.33. The van der Waals surface area contributed by atoms with Crippen LogP contribution in [0.1, 0.15) is 32.8 Å². The molecule has 0 amide bonds. The lowest BCUT2D eigenvalue weighted by Gasteiger charge is -2.19. The summed E-state index contributed by atoms with van der Waals surface area (Å²) in [5.41, 5.74) is 2.28. The van der Waals surface area contributed by atoms with E-state index in [0.717, 1.165) is 12.0 Å². The van der Waals surface area contributed by atoms with Gasteiger partial charge in [0.25, 0.3) is 0 Å². The third kappa shape index (κ3) is 3.02. The molecular weight excluding hydrogens is 304 g/mol. The van der Waals surface area contributed by atoms with Crippen LogP contribution in [0.15, 0.2) is 41.2 Å². The molecule has 126 valence electrons. The number of imidazole rings is 1. The molecule has 0 spiro atoms. The molecule has 0 fully saturated rings. The summed E-state index contributed by atoms with van der Waals surface area (Å²) in [7, 11) is 0. The van der Waals surface area contributed by atoms with Gasteiger partial charge in [0.1, 0.15) is 11.5 Å². The maximum Gasteiger partial charge on any atom is 0.331 e. The first-order valence-electron chi connectivity index (χ1n) is 8.01. The molecule has 0 aliphatic carbocycles. The van der Waals surface area contributed by atoms with Crippen LogP contribution in [0.25, 0.3) is 16.7 Å². The van der Waals surface area contributed by atoms with Gasteiger partial charge in [0, 0.05) is 6.07 Å². The number of para-hydroxylation sites is 2. The number of hydrogen-bond acceptors (Lipinski definition) is 3. The molecule has 3 N–H and O–H groups in total. The Morgan fingerprint density at radius 3 is 2.50 bits per heavy atom. The van der Waals surface area contributed by atoms with Crippen LogP contribution < -0.4 is 5.69 Å². The van der Waals surface area contributed by atoms with Gasteiger partial charge in [0.05, 0.1) is 16.7 Å². The van der Waals surface area contributed by atoms with Crippen molar-refractivity contribution >= 4 is 11.0 Å². The average Bonchev–Trinajstić information content (AvgIpc) is 2.81. The van der Waals surface area contributed by atoms with E-state index in [1.807, 2.05) is 24.3 Å². The van der Waals surface area contributed by atoms with Gasteiger partial charge >= 0.3 is 5.69 Å². The largest absolute Gasteiger partial charge is 0.508 e. The summed E-state index contributed by atoms with van der Waals surface area (Å²) >= 11 is 0. The maximum absolute atomic E-state index is 12.3. The lowest BCUT2D eigenvalue weighted by molar-refractivity contribution is 0.373. The topological polar surface area (TPSA) is 78.2 Å². The van der Waals surface area contributed by atoms with Crippen LogP contribution in [0.5, 0.6) is 11.5 Å². The van der Waals surface area contributed by atoms with Gasteiger partial charge in [0.15, 0.2) is 0 Å².